The van der Waals surface area contributed by atoms with E-state index in [-0.39, 0.29) is 5.92 Å². The summed E-state index contributed by atoms with van der Waals surface area (Å²) in [6.07, 6.45) is 2.26. The van der Waals surface area contributed by atoms with Gasteiger partial charge in [-0.2, -0.15) is 0 Å². The van der Waals surface area contributed by atoms with Crippen LogP contribution in [0.5, 0.6) is 0 Å². The topological polar surface area (TPSA) is 20.3 Å². The Bertz CT molecular complexity index is 124. The summed E-state index contributed by atoms with van der Waals surface area (Å²) in [7, 11) is 2.11. The largest absolute Gasteiger partial charge is 0.306 e. The molecule has 0 bridgehead atoms. The van der Waals surface area contributed by atoms with E-state index in [0.717, 1.165) is 19.4 Å². The Balaban J connectivity index is 2.36. The van der Waals surface area contributed by atoms with Crippen LogP contribution in [0.25, 0.3) is 0 Å². The standard InChI is InChI=1S/C8H15NO/c1-7(6-10)8-3-4-9(2)5-8/h6-8H,3-5H2,1-2H3. The second-order valence-corrected chi connectivity index (χ2v) is 3.31. The maximum Gasteiger partial charge on any atom is 0.123 e. The van der Waals surface area contributed by atoms with Crippen molar-refractivity contribution in [3.05, 3.63) is 0 Å². The van der Waals surface area contributed by atoms with Gasteiger partial charge in [0, 0.05) is 12.5 Å². The van der Waals surface area contributed by atoms with Gasteiger partial charge in [-0.1, -0.05) is 6.92 Å². The van der Waals surface area contributed by atoms with Crippen LogP contribution in [0, 0.1) is 11.8 Å². The number of nitrogens with zero attached hydrogens (tertiary/aromatic N) is 1. The van der Waals surface area contributed by atoms with Crippen molar-refractivity contribution in [1.29, 1.82) is 0 Å². The van der Waals surface area contributed by atoms with E-state index in [1.165, 1.54) is 6.42 Å². The molecule has 2 heteroatoms. The third kappa shape index (κ3) is 1.57. The zero-order valence-electron chi connectivity index (χ0n) is 6.71. The molecular weight excluding hydrogens is 126 g/mol. The van der Waals surface area contributed by atoms with E-state index in [1.807, 2.05) is 6.92 Å². The molecule has 0 aromatic carbocycles. The van der Waals surface area contributed by atoms with Crippen molar-refractivity contribution in [1.82, 2.24) is 4.90 Å². The Morgan fingerprint density at radius 2 is 2.40 bits per heavy atom. The van der Waals surface area contributed by atoms with E-state index < -0.39 is 0 Å². The van der Waals surface area contributed by atoms with Crippen LogP contribution in [-0.2, 0) is 4.79 Å². The summed E-state index contributed by atoms with van der Waals surface area (Å²) < 4.78 is 0. The summed E-state index contributed by atoms with van der Waals surface area (Å²) in [5.41, 5.74) is 0. The van der Waals surface area contributed by atoms with E-state index >= 15 is 0 Å². The van der Waals surface area contributed by atoms with E-state index in [0.29, 0.717) is 5.92 Å². The van der Waals surface area contributed by atoms with Gasteiger partial charge < -0.3 is 9.69 Å². The normalized spacial score (nSPS) is 30.4. The molecule has 0 radical (unpaired) electrons. The average Bonchev–Trinajstić information content (AvgIpc) is 2.34. The first kappa shape index (κ1) is 7.73. The highest BCUT2D eigenvalue weighted by Crippen LogP contribution is 2.20. The summed E-state index contributed by atoms with van der Waals surface area (Å²) in [5.74, 6) is 0.868. The van der Waals surface area contributed by atoms with Crippen LogP contribution >= 0.6 is 0 Å². The first-order valence-corrected chi connectivity index (χ1v) is 3.88. The van der Waals surface area contributed by atoms with E-state index in [2.05, 4.69) is 11.9 Å². The SMILES string of the molecule is CC(C=O)C1CCN(C)C1. The lowest BCUT2D eigenvalue weighted by atomic mass is 9.95. The first-order valence-electron chi connectivity index (χ1n) is 3.88. The molecule has 0 aromatic heterocycles. The molecule has 10 heavy (non-hydrogen) atoms. The lowest BCUT2D eigenvalue weighted by Crippen LogP contribution is -2.18. The third-order valence-electron chi connectivity index (χ3n) is 2.39. The van der Waals surface area contributed by atoms with Crippen molar-refractivity contribution in [2.24, 2.45) is 11.8 Å². The van der Waals surface area contributed by atoms with Gasteiger partial charge in [0.15, 0.2) is 0 Å². The minimum absolute atomic E-state index is 0.255. The molecule has 0 spiro atoms. The third-order valence-corrected chi connectivity index (χ3v) is 2.39. The van der Waals surface area contributed by atoms with Crippen molar-refractivity contribution in [3.8, 4) is 0 Å². The number of hydrogen-bond acceptors (Lipinski definition) is 2. The Kier molecular flexibility index (Phi) is 2.44. The minimum Gasteiger partial charge on any atom is -0.306 e. The predicted octanol–water partition coefficient (Wildman–Crippen LogP) is 0.773. The molecule has 0 aromatic rings. The highest BCUT2D eigenvalue weighted by atomic mass is 16.1. The number of carbonyl (C=O) groups is 1. The van der Waals surface area contributed by atoms with Crippen LogP contribution in [0.4, 0.5) is 0 Å². The van der Waals surface area contributed by atoms with Gasteiger partial charge in [0.2, 0.25) is 0 Å². The smallest absolute Gasteiger partial charge is 0.123 e. The van der Waals surface area contributed by atoms with Crippen molar-refractivity contribution < 1.29 is 4.79 Å². The Morgan fingerprint density at radius 3 is 2.80 bits per heavy atom. The molecule has 0 amide bonds. The van der Waals surface area contributed by atoms with Crippen LogP contribution in [0.1, 0.15) is 13.3 Å². The summed E-state index contributed by atoms with van der Waals surface area (Å²) in [5, 5.41) is 0. The van der Waals surface area contributed by atoms with Crippen LogP contribution < -0.4 is 0 Å². The first-order chi connectivity index (χ1) is 4.74. The molecular formula is C8H15NO. The van der Waals surface area contributed by atoms with E-state index in [4.69, 9.17) is 0 Å². The number of rotatable bonds is 2. The minimum atomic E-state index is 0.255. The number of carbonyl (C=O) groups excluding carboxylic acids is 1. The van der Waals surface area contributed by atoms with Gasteiger partial charge in [-0.05, 0) is 25.9 Å². The summed E-state index contributed by atoms with van der Waals surface area (Å²) in [6, 6.07) is 0. The summed E-state index contributed by atoms with van der Waals surface area (Å²) in [6.45, 7) is 4.26. The molecule has 2 atom stereocenters. The molecule has 2 nitrogen and oxygen atoms in total. The van der Waals surface area contributed by atoms with Crippen LogP contribution in [0.15, 0.2) is 0 Å². The molecule has 1 rings (SSSR count). The van der Waals surface area contributed by atoms with Gasteiger partial charge in [0.1, 0.15) is 6.29 Å². The highest BCUT2D eigenvalue weighted by Gasteiger charge is 2.23. The maximum atomic E-state index is 10.4. The molecule has 0 saturated carbocycles. The van der Waals surface area contributed by atoms with E-state index in [1.54, 1.807) is 0 Å². The molecule has 1 saturated heterocycles. The lowest BCUT2D eigenvalue weighted by Gasteiger charge is -2.12. The molecule has 1 aliphatic rings. The van der Waals surface area contributed by atoms with Crippen molar-refractivity contribution in [2.45, 2.75) is 13.3 Å². The fourth-order valence-corrected chi connectivity index (χ4v) is 1.51. The van der Waals surface area contributed by atoms with Gasteiger partial charge in [-0.25, -0.2) is 0 Å². The molecule has 1 fully saturated rings. The molecule has 1 heterocycles. The van der Waals surface area contributed by atoms with Crippen LogP contribution in [0.3, 0.4) is 0 Å². The van der Waals surface area contributed by atoms with Gasteiger partial charge in [-0.3, -0.25) is 0 Å². The second-order valence-electron chi connectivity index (χ2n) is 3.31. The van der Waals surface area contributed by atoms with Crippen molar-refractivity contribution in [2.75, 3.05) is 20.1 Å². The van der Waals surface area contributed by atoms with Crippen molar-refractivity contribution >= 4 is 6.29 Å². The Morgan fingerprint density at radius 1 is 1.70 bits per heavy atom. The fourth-order valence-electron chi connectivity index (χ4n) is 1.51. The maximum absolute atomic E-state index is 10.4. The average molecular weight is 141 g/mol. The monoisotopic (exact) mass is 141 g/mol. The molecule has 0 N–H and O–H groups in total. The number of hydrogen-bond donors (Lipinski definition) is 0. The second kappa shape index (κ2) is 3.15. The molecule has 58 valence electrons. The Hall–Kier alpha value is -0.370. The molecule has 1 aliphatic heterocycles. The van der Waals surface area contributed by atoms with Crippen LogP contribution in [-0.4, -0.2) is 31.3 Å². The summed E-state index contributed by atoms with van der Waals surface area (Å²) in [4.78, 5) is 12.7. The van der Waals surface area contributed by atoms with Gasteiger partial charge in [0.25, 0.3) is 0 Å². The molecule has 0 aliphatic carbocycles. The summed E-state index contributed by atoms with van der Waals surface area (Å²) >= 11 is 0. The highest BCUT2D eigenvalue weighted by molar-refractivity contribution is 5.53. The quantitative estimate of drug-likeness (QED) is 0.529. The predicted molar refractivity (Wildman–Crippen MR) is 40.8 cm³/mol. The molecule has 2 unspecified atom stereocenters. The van der Waals surface area contributed by atoms with Gasteiger partial charge in [-0.15, -0.1) is 0 Å². The fraction of sp³-hybridized carbons (Fsp3) is 0.875. The van der Waals surface area contributed by atoms with E-state index in [9.17, 15) is 4.79 Å². The van der Waals surface area contributed by atoms with Gasteiger partial charge in [0.05, 0.1) is 0 Å². The number of likely N-dealkylation sites (tertiary alicyclic amines) is 1. The number of aldehydes is 1. The Labute approximate surface area is 62.2 Å². The van der Waals surface area contributed by atoms with Gasteiger partial charge >= 0.3 is 0 Å². The lowest BCUT2D eigenvalue weighted by molar-refractivity contribution is -0.111. The zero-order valence-corrected chi connectivity index (χ0v) is 6.71. The van der Waals surface area contributed by atoms with Crippen molar-refractivity contribution in [3.63, 3.8) is 0 Å². The van der Waals surface area contributed by atoms with Crippen LogP contribution in [0.2, 0.25) is 0 Å². The zero-order chi connectivity index (χ0) is 7.56.